The van der Waals surface area contributed by atoms with E-state index >= 15 is 0 Å². The molecule has 1 unspecified atom stereocenters. The third-order valence-electron chi connectivity index (χ3n) is 6.55. The normalized spacial score (nSPS) is 31.3. The van der Waals surface area contributed by atoms with Crippen molar-refractivity contribution in [2.45, 2.75) is 50.6 Å². The second kappa shape index (κ2) is 8.15. The van der Waals surface area contributed by atoms with Crippen molar-refractivity contribution in [3.63, 3.8) is 0 Å². The highest BCUT2D eigenvalue weighted by Crippen LogP contribution is 2.49. The molecule has 0 saturated carbocycles. The van der Waals surface area contributed by atoms with Crippen LogP contribution < -0.4 is 5.32 Å². The van der Waals surface area contributed by atoms with E-state index in [0.29, 0.717) is 11.5 Å². The first-order valence-corrected chi connectivity index (χ1v) is 10.5. The first kappa shape index (κ1) is 20.5. The van der Waals surface area contributed by atoms with E-state index in [1.54, 1.807) is 6.07 Å². The number of anilines is 1. The number of allylic oxidation sites excluding steroid dienone is 3. The quantitative estimate of drug-likeness (QED) is 0.723. The van der Waals surface area contributed by atoms with Gasteiger partial charge in [-0.2, -0.15) is 13.2 Å². The Kier molecular flexibility index (Phi) is 5.76. The maximum atomic E-state index is 13.4. The molecule has 2 heterocycles. The third-order valence-corrected chi connectivity index (χ3v) is 6.55. The summed E-state index contributed by atoms with van der Waals surface area (Å²) in [7, 11) is 2.05. The summed E-state index contributed by atoms with van der Waals surface area (Å²) in [5.41, 5.74) is 0.823. The van der Waals surface area contributed by atoms with Crippen molar-refractivity contribution < 1.29 is 17.9 Å². The van der Waals surface area contributed by atoms with Gasteiger partial charge in [-0.25, -0.2) is 0 Å². The number of ether oxygens (including phenoxy) is 1. The Morgan fingerprint density at radius 1 is 1.21 bits per heavy atom. The van der Waals surface area contributed by atoms with Crippen LogP contribution in [0.4, 0.5) is 18.9 Å². The number of rotatable bonds is 4. The van der Waals surface area contributed by atoms with Crippen molar-refractivity contribution in [2.24, 2.45) is 11.8 Å². The Balaban J connectivity index is 1.67. The molecule has 5 atom stereocenters. The predicted molar refractivity (Wildman–Crippen MR) is 109 cm³/mol. The first-order valence-electron chi connectivity index (χ1n) is 10.5. The number of hydrogen-bond donors (Lipinski definition) is 1. The molecule has 0 bridgehead atoms. The molecular weight excluding hydrogens is 377 g/mol. The van der Waals surface area contributed by atoms with Crippen LogP contribution in [0.5, 0.6) is 0 Å². The zero-order valence-electron chi connectivity index (χ0n) is 17.0. The summed E-state index contributed by atoms with van der Waals surface area (Å²) >= 11 is 0. The molecule has 0 radical (unpaired) electrons. The molecule has 1 aliphatic carbocycles. The molecule has 3 nitrogen and oxygen atoms in total. The van der Waals surface area contributed by atoms with Gasteiger partial charge in [0.05, 0.1) is 17.8 Å². The van der Waals surface area contributed by atoms with Crippen LogP contribution in [0.3, 0.4) is 0 Å². The van der Waals surface area contributed by atoms with Gasteiger partial charge in [-0.1, -0.05) is 31.2 Å². The lowest BCUT2D eigenvalue weighted by molar-refractivity contribution is -0.138. The van der Waals surface area contributed by atoms with Gasteiger partial charge in [0.1, 0.15) is 0 Å². The largest absolute Gasteiger partial charge is 0.416 e. The molecule has 158 valence electrons. The van der Waals surface area contributed by atoms with Crippen LogP contribution >= 0.6 is 0 Å². The molecule has 1 saturated heterocycles. The van der Waals surface area contributed by atoms with Crippen molar-refractivity contribution in [2.75, 3.05) is 25.5 Å². The molecule has 2 aliphatic heterocycles. The van der Waals surface area contributed by atoms with Crippen LogP contribution in [-0.4, -0.2) is 37.2 Å². The van der Waals surface area contributed by atoms with E-state index in [0.717, 1.165) is 38.0 Å². The van der Waals surface area contributed by atoms with E-state index < -0.39 is 11.7 Å². The Hall–Kier alpha value is -1.79. The minimum atomic E-state index is -4.35. The molecule has 3 aliphatic rings. The lowest BCUT2D eigenvalue weighted by Crippen LogP contribution is -2.48. The molecular formula is C23H29F3N2O. The van der Waals surface area contributed by atoms with Gasteiger partial charge in [-0.05, 0) is 51.1 Å². The van der Waals surface area contributed by atoms with Crippen molar-refractivity contribution in [3.8, 4) is 0 Å². The molecule has 1 aromatic rings. The predicted octanol–water partition coefficient (Wildman–Crippen LogP) is 5.42. The van der Waals surface area contributed by atoms with Crippen LogP contribution in [0, 0.1) is 11.8 Å². The van der Waals surface area contributed by atoms with Gasteiger partial charge in [0.2, 0.25) is 0 Å². The summed E-state index contributed by atoms with van der Waals surface area (Å²) in [5.74, 6) is 0.483. The van der Waals surface area contributed by atoms with Crippen molar-refractivity contribution in [3.05, 3.63) is 53.6 Å². The Morgan fingerprint density at radius 3 is 2.72 bits per heavy atom. The summed E-state index contributed by atoms with van der Waals surface area (Å²) in [6.45, 7) is 3.82. The topological polar surface area (TPSA) is 24.5 Å². The van der Waals surface area contributed by atoms with Gasteiger partial charge in [0, 0.05) is 35.7 Å². The highest BCUT2D eigenvalue weighted by atomic mass is 19.4. The molecule has 0 spiro atoms. The number of nitrogens with zero attached hydrogens (tertiary/aromatic N) is 1. The Labute approximate surface area is 170 Å². The SMILES string of the molecule is CCN(C)C[C@H]1CC[C@@H]2[C@H](O1)c1cc(C(F)(F)F)ccc1N[C@H]2C1C=CC=CC1. The zero-order valence-corrected chi connectivity index (χ0v) is 17.0. The van der Waals surface area contributed by atoms with Gasteiger partial charge in [0.25, 0.3) is 0 Å². The number of nitrogens with one attached hydrogen (secondary N) is 1. The number of benzene rings is 1. The minimum absolute atomic E-state index is 0.0455. The fourth-order valence-electron chi connectivity index (χ4n) is 4.87. The van der Waals surface area contributed by atoms with Crippen molar-refractivity contribution >= 4 is 5.69 Å². The average molecular weight is 406 g/mol. The van der Waals surface area contributed by atoms with Crippen molar-refractivity contribution in [1.29, 1.82) is 0 Å². The minimum Gasteiger partial charge on any atom is -0.381 e. The van der Waals surface area contributed by atoms with Crippen LogP contribution in [0.15, 0.2) is 42.5 Å². The summed E-state index contributed by atoms with van der Waals surface area (Å²) in [5, 5.41) is 3.57. The van der Waals surface area contributed by atoms with Gasteiger partial charge in [-0.3, -0.25) is 0 Å². The van der Waals surface area contributed by atoms with E-state index in [4.69, 9.17) is 4.74 Å². The fourth-order valence-corrected chi connectivity index (χ4v) is 4.87. The smallest absolute Gasteiger partial charge is 0.381 e. The average Bonchev–Trinajstić information content (AvgIpc) is 2.72. The Morgan fingerprint density at radius 2 is 2.03 bits per heavy atom. The highest BCUT2D eigenvalue weighted by molar-refractivity contribution is 5.58. The molecule has 29 heavy (non-hydrogen) atoms. The van der Waals surface area contributed by atoms with Crippen LogP contribution in [0.25, 0.3) is 0 Å². The van der Waals surface area contributed by atoms with Crippen LogP contribution in [0.2, 0.25) is 0 Å². The monoisotopic (exact) mass is 406 g/mol. The van der Waals surface area contributed by atoms with Crippen LogP contribution in [-0.2, 0) is 10.9 Å². The van der Waals surface area contributed by atoms with E-state index in [-0.39, 0.29) is 24.2 Å². The number of alkyl halides is 3. The lowest BCUT2D eigenvalue weighted by Gasteiger charge is -2.48. The van der Waals surface area contributed by atoms with E-state index in [9.17, 15) is 13.2 Å². The number of fused-ring (bicyclic) bond motifs is 3. The molecule has 0 amide bonds. The maximum Gasteiger partial charge on any atom is 0.416 e. The zero-order chi connectivity index (χ0) is 20.6. The number of likely N-dealkylation sites (N-methyl/N-ethyl adjacent to an activating group) is 1. The third kappa shape index (κ3) is 4.24. The van der Waals surface area contributed by atoms with Crippen LogP contribution in [0.1, 0.15) is 43.4 Å². The Bertz CT molecular complexity index is 789. The molecule has 1 aromatic carbocycles. The first-order chi connectivity index (χ1) is 13.9. The summed E-state index contributed by atoms with van der Waals surface area (Å²) in [4.78, 5) is 2.20. The fraction of sp³-hybridized carbons (Fsp3) is 0.565. The molecule has 0 aromatic heterocycles. The van der Waals surface area contributed by atoms with E-state index in [2.05, 4.69) is 42.4 Å². The summed E-state index contributed by atoms with van der Waals surface area (Å²) < 4.78 is 46.6. The van der Waals surface area contributed by atoms with Gasteiger partial charge in [-0.15, -0.1) is 0 Å². The van der Waals surface area contributed by atoms with E-state index in [1.165, 1.54) is 12.1 Å². The molecule has 4 rings (SSSR count). The summed E-state index contributed by atoms with van der Waals surface area (Å²) in [6, 6.07) is 4.20. The highest BCUT2D eigenvalue weighted by Gasteiger charge is 2.45. The number of hydrogen-bond acceptors (Lipinski definition) is 3. The van der Waals surface area contributed by atoms with Gasteiger partial charge >= 0.3 is 6.18 Å². The number of halogens is 3. The second-order valence-corrected chi connectivity index (χ2v) is 8.46. The molecule has 1 N–H and O–H groups in total. The lowest BCUT2D eigenvalue weighted by atomic mass is 9.73. The van der Waals surface area contributed by atoms with E-state index in [1.807, 2.05) is 6.08 Å². The standard InChI is InChI=1S/C23H29F3N2O/c1-3-28(2)14-17-10-11-18-21(15-7-5-4-6-8-15)27-20-12-9-16(23(24,25)26)13-19(20)22(18)29-17/h4-7,9,12-13,15,17-18,21-22,27H,3,8,10-11,14H2,1-2H3/t15?,17-,18+,21+,22+/m1/s1. The molecule has 6 heteroatoms. The second-order valence-electron chi connectivity index (χ2n) is 8.46. The summed E-state index contributed by atoms with van der Waals surface area (Å²) in [6.07, 6.45) is 6.70. The van der Waals surface area contributed by atoms with Gasteiger partial charge < -0.3 is 15.0 Å². The molecule has 1 fully saturated rings. The van der Waals surface area contributed by atoms with Crippen molar-refractivity contribution in [1.82, 2.24) is 4.90 Å². The van der Waals surface area contributed by atoms with Gasteiger partial charge in [0.15, 0.2) is 0 Å². The maximum absolute atomic E-state index is 13.4.